The number of nitrogens with one attached hydrogen (secondary N) is 1. The van der Waals surface area contributed by atoms with Gasteiger partial charge in [0.2, 0.25) is 0 Å². The molecule has 25 heavy (non-hydrogen) atoms. The zero-order valence-corrected chi connectivity index (χ0v) is 14.0. The van der Waals surface area contributed by atoms with E-state index in [0.717, 1.165) is 22.6 Å². The number of allylic oxidation sites excluding steroid dienone is 1. The molecule has 1 N–H and O–H groups in total. The minimum Gasteiger partial charge on any atom is -0.497 e. The average Bonchev–Trinajstić information content (AvgIpc) is 2.69. The second kappa shape index (κ2) is 7.97. The molecule has 0 spiro atoms. The fraction of sp³-hybridized carbons (Fsp3) is 0.0455. The van der Waals surface area contributed by atoms with Crippen molar-refractivity contribution in [3.63, 3.8) is 0 Å². The summed E-state index contributed by atoms with van der Waals surface area (Å²) >= 11 is 0. The van der Waals surface area contributed by atoms with Crippen LogP contribution in [0.1, 0.15) is 10.4 Å². The molecular weight excluding hydrogens is 310 g/mol. The molecule has 0 radical (unpaired) electrons. The van der Waals surface area contributed by atoms with E-state index >= 15 is 0 Å². The number of benzene rings is 3. The van der Waals surface area contributed by atoms with E-state index in [0.29, 0.717) is 5.56 Å². The van der Waals surface area contributed by atoms with Crippen LogP contribution in [0.3, 0.4) is 0 Å². The third-order valence-corrected chi connectivity index (χ3v) is 3.83. The summed E-state index contributed by atoms with van der Waals surface area (Å²) in [6.07, 6.45) is 3.17. The topological polar surface area (TPSA) is 38.3 Å². The Kier molecular flexibility index (Phi) is 5.27. The number of hydrogen-bond acceptors (Lipinski definition) is 3. The Morgan fingerprint density at radius 3 is 2.32 bits per heavy atom. The van der Waals surface area contributed by atoms with Crippen LogP contribution >= 0.6 is 0 Å². The molecule has 0 amide bonds. The van der Waals surface area contributed by atoms with Crippen molar-refractivity contribution in [2.45, 2.75) is 0 Å². The number of ether oxygens (including phenoxy) is 1. The third-order valence-electron chi connectivity index (χ3n) is 3.83. The number of carbonyl (C=O) groups is 1. The van der Waals surface area contributed by atoms with Gasteiger partial charge in [-0.1, -0.05) is 60.7 Å². The summed E-state index contributed by atoms with van der Waals surface area (Å²) in [6, 6.07) is 25.2. The van der Waals surface area contributed by atoms with Gasteiger partial charge in [-0.25, -0.2) is 0 Å². The van der Waals surface area contributed by atoms with E-state index in [1.54, 1.807) is 13.3 Å². The largest absolute Gasteiger partial charge is 0.497 e. The Balaban J connectivity index is 1.64. The number of hydrogen-bond donors (Lipinski definition) is 1. The minimum atomic E-state index is -0.0463. The first-order valence-corrected chi connectivity index (χ1v) is 8.03. The normalized spacial score (nSPS) is 10.6. The molecular formula is C22H19NO2. The smallest absolute Gasteiger partial charge is 0.187 e. The zero-order valence-electron chi connectivity index (χ0n) is 14.0. The molecule has 0 aliphatic carbocycles. The Morgan fingerprint density at radius 2 is 1.60 bits per heavy atom. The molecule has 3 nitrogen and oxygen atoms in total. The first kappa shape index (κ1) is 16.5. The second-order valence-corrected chi connectivity index (χ2v) is 5.52. The Labute approximate surface area is 147 Å². The van der Waals surface area contributed by atoms with Crippen molar-refractivity contribution in [3.8, 4) is 16.9 Å². The van der Waals surface area contributed by atoms with Crippen molar-refractivity contribution in [1.82, 2.24) is 0 Å². The van der Waals surface area contributed by atoms with E-state index in [1.165, 1.54) is 6.08 Å². The van der Waals surface area contributed by atoms with Crippen LogP contribution in [0.4, 0.5) is 5.69 Å². The number of rotatable bonds is 6. The van der Waals surface area contributed by atoms with Crippen molar-refractivity contribution in [1.29, 1.82) is 0 Å². The lowest BCUT2D eigenvalue weighted by atomic mass is 10.0. The first-order valence-electron chi connectivity index (χ1n) is 8.03. The predicted molar refractivity (Wildman–Crippen MR) is 102 cm³/mol. The van der Waals surface area contributed by atoms with Crippen LogP contribution in [0.15, 0.2) is 91.1 Å². The van der Waals surface area contributed by atoms with Gasteiger partial charge in [-0.2, -0.15) is 0 Å². The lowest BCUT2D eigenvalue weighted by molar-refractivity contribution is 0.104. The maximum Gasteiger partial charge on any atom is 0.187 e. The Bertz CT molecular complexity index is 868. The first-order chi connectivity index (χ1) is 12.3. The molecule has 0 atom stereocenters. The minimum absolute atomic E-state index is 0.0463. The number of methoxy groups -OCH3 is 1. The van der Waals surface area contributed by atoms with Crippen molar-refractivity contribution >= 4 is 11.5 Å². The summed E-state index contributed by atoms with van der Waals surface area (Å²) in [6.45, 7) is 0. The van der Waals surface area contributed by atoms with Crippen LogP contribution in [0.5, 0.6) is 5.75 Å². The van der Waals surface area contributed by atoms with Gasteiger partial charge in [0.25, 0.3) is 0 Å². The third kappa shape index (κ3) is 4.36. The number of ketones is 1. The van der Waals surface area contributed by atoms with E-state index in [1.807, 2.05) is 66.7 Å². The molecule has 0 unspecified atom stereocenters. The molecule has 0 saturated heterocycles. The summed E-state index contributed by atoms with van der Waals surface area (Å²) < 4.78 is 5.17. The van der Waals surface area contributed by atoms with E-state index < -0.39 is 0 Å². The Morgan fingerprint density at radius 1 is 0.880 bits per heavy atom. The highest BCUT2D eigenvalue weighted by Gasteiger charge is 2.03. The van der Waals surface area contributed by atoms with E-state index in [4.69, 9.17) is 4.74 Å². The van der Waals surface area contributed by atoms with E-state index in [2.05, 4.69) is 17.4 Å². The lowest BCUT2D eigenvalue weighted by Crippen LogP contribution is -1.96. The molecule has 0 aliphatic heterocycles. The molecule has 3 aromatic carbocycles. The maximum absolute atomic E-state index is 12.3. The standard InChI is InChI=1S/C22H19NO2/c1-25-21-9-5-8-20(16-21)23-15-14-22(24)19-12-10-18(11-13-19)17-6-3-2-4-7-17/h2-16,23H,1H3. The summed E-state index contributed by atoms with van der Waals surface area (Å²) in [5.74, 6) is 0.719. The lowest BCUT2D eigenvalue weighted by Gasteiger charge is -2.04. The van der Waals surface area contributed by atoms with E-state index in [-0.39, 0.29) is 5.78 Å². The molecule has 0 aromatic heterocycles. The number of carbonyl (C=O) groups excluding carboxylic acids is 1. The van der Waals surface area contributed by atoms with Crippen LogP contribution in [0.25, 0.3) is 11.1 Å². The molecule has 3 heteroatoms. The molecule has 0 fully saturated rings. The van der Waals surface area contributed by atoms with Crippen molar-refractivity contribution in [2.24, 2.45) is 0 Å². The highest BCUT2D eigenvalue weighted by Crippen LogP contribution is 2.20. The van der Waals surface area contributed by atoms with Gasteiger partial charge in [0.1, 0.15) is 5.75 Å². The van der Waals surface area contributed by atoms with Gasteiger partial charge in [-0.05, 0) is 23.3 Å². The number of anilines is 1. The highest BCUT2D eigenvalue weighted by molar-refractivity contribution is 6.04. The monoisotopic (exact) mass is 329 g/mol. The van der Waals surface area contributed by atoms with Gasteiger partial charge >= 0.3 is 0 Å². The van der Waals surface area contributed by atoms with Crippen molar-refractivity contribution in [3.05, 3.63) is 96.7 Å². The summed E-state index contributed by atoms with van der Waals surface area (Å²) in [5.41, 5.74) is 3.75. The molecule has 0 heterocycles. The summed E-state index contributed by atoms with van der Waals surface area (Å²) in [7, 11) is 1.62. The van der Waals surface area contributed by atoms with Crippen LogP contribution in [-0.2, 0) is 0 Å². The van der Waals surface area contributed by atoms with Gasteiger partial charge in [-0.15, -0.1) is 0 Å². The molecule has 3 rings (SSSR count). The van der Waals surface area contributed by atoms with Gasteiger partial charge in [0.15, 0.2) is 5.78 Å². The summed E-state index contributed by atoms with van der Waals surface area (Å²) in [4.78, 5) is 12.3. The molecule has 3 aromatic rings. The average molecular weight is 329 g/mol. The maximum atomic E-state index is 12.3. The fourth-order valence-electron chi connectivity index (χ4n) is 2.48. The van der Waals surface area contributed by atoms with Gasteiger partial charge < -0.3 is 10.1 Å². The van der Waals surface area contributed by atoms with Gasteiger partial charge in [-0.3, -0.25) is 4.79 Å². The van der Waals surface area contributed by atoms with Crippen LogP contribution in [-0.4, -0.2) is 12.9 Å². The SMILES string of the molecule is COc1cccc(NC=CC(=O)c2ccc(-c3ccccc3)cc2)c1. The zero-order chi connectivity index (χ0) is 17.5. The molecule has 0 aliphatic rings. The van der Waals surface area contributed by atoms with E-state index in [9.17, 15) is 4.79 Å². The van der Waals surface area contributed by atoms with Gasteiger partial charge in [0, 0.05) is 29.6 Å². The molecule has 0 bridgehead atoms. The highest BCUT2D eigenvalue weighted by atomic mass is 16.5. The van der Waals surface area contributed by atoms with Crippen LogP contribution in [0, 0.1) is 0 Å². The van der Waals surface area contributed by atoms with Crippen molar-refractivity contribution in [2.75, 3.05) is 12.4 Å². The van der Waals surface area contributed by atoms with Crippen molar-refractivity contribution < 1.29 is 9.53 Å². The van der Waals surface area contributed by atoms with Crippen LogP contribution < -0.4 is 10.1 Å². The fourth-order valence-corrected chi connectivity index (χ4v) is 2.48. The second-order valence-electron chi connectivity index (χ2n) is 5.52. The molecule has 124 valence electrons. The van der Waals surface area contributed by atoms with Gasteiger partial charge in [0.05, 0.1) is 7.11 Å². The van der Waals surface area contributed by atoms with Crippen LogP contribution in [0.2, 0.25) is 0 Å². The quantitative estimate of drug-likeness (QED) is 0.501. The Hall–Kier alpha value is -3.33. The summed E-state index contributed by atoms with van der Waals surface area (Å²) in [5, 5.41) is 3.08. The predicted octanol–water partition coefficient (Wildman–Crippen LogP) is 5.17. The molecule has 0 saturated carbocycles.